The van der Waals surface area contributed by atoms with Gasteiger partial charge in [0.2, 0.25) is 5.91 Å². The molecule has 1 rings (SSSR count). The summed E-state index contributed by atoms with van der Waals surface area (Å²) in [5.74, 6) is -0.182. The Balaban J connectivity index is 2.44. The minimum Gasteiger partial charge on any atom is -0.355 e. The zero-order chi connectivity index (χ0) is 11.3. The number of halogens is 3. The van der Waals surface area contributed by atoms with Crippen molar-refractivity contribution in [1.29, 1.82) is 0 Å². The highest BCUT2D eigenvalue weighted by Gasteiger charge is 2.01. The third kappa shape index (κ3) is 4.29. The van der Waals surface area contributed by atoms with Crippen molar-refractivity contribution in [3.05, 3.63) is 33.8 Å². The second-order valence-corrected chi connectivity index (χ2v) is 4.06. The van der Waals surface area contributed by atoms with Crippen molar-refractivity contribution in [3.8, 4) is 0 Å². The van der Waals surface area contributed by atoms with Crippen LogP contribution in [0.4, 0.5) is 0 Å². The minimum absolute atomic E-state index is 0.0125. The molecule has 0 aliphatic heterocycles. The molecule has 0 saturated heterocycles. The number of carbonyl (C=O) groups excluding carboxylic acids is 1. The first-order valence-corrected chi connectivity index (χ1v) is 5.69. The summed E-state index contributed by atoms with van der Waals surface area (Å²) in [5.41, 5.74) is 1.03. The molecule has 1 N–H and O–H groups in total. The molecular weight excluding hydrogens is 256 g/mol. The molecule has 0 bridgehead atoms. The van der Waals surface area contributed by atoms with Crippen LogP contribution in [0.3, 0.4) is 0 Å². The Morgan fingerprint density at radius 1 is 1.27 bits per heavy atom. The highest BCUT2D eigenvalue weighted by molar-refractivity contribution is 6.42. The van der Waals surface area contributed by atoms with Gasteiger partial charge in [0.1, 0.15) is 5.88 Å². The minimum atomic E-state index is -0.170. The third-order valence-corrected chi connectivity index (χ3v) is 2.82. The standard InChI is InChI=1S/C10H10Cl3NO/c11-6-10(15)14-4-3-7-1-2-8(12)9(13)5-7/h1-2,5H,3-4,6H2,(H,14,15). The largest absolute Gasteiger partial charge is 0.355 e. The van der Waals surface area contributed by atoms with Crippen molar-refractivity contribution in [2.45, 2.75) is 6.42 Å². The average molecular weight is 267 g/mol. The Morgan fingerprint density at radius 2 is 2.00 bits per heavy atom. The number of benzene rings is 1. The molecule has 0 heterocycles. The van der Waals surface area contributed by atoms with Crippen LogP contribution in [0.5, 0.6) is 0 Å². The van der Waals surface area contributed by atoms with Crippen molar-refractivity contribution >= 4 is 40.7 Å². The topological polar surface area (TPSA) is 29.1 Å². The van der Waals surface area contributed by atoms with E-state index in [2.05, 4.69) is 5.32 Å². The monoisotopic (exact) mass is 265 g/mol. The van der Waals surface area contributed by atoms with Crippen molar-refractivity contribution in [3.63, 3.8) is 0 Å². The zero-order valence-electron chi connectivity index (χ0n) is 7.90. The fourth-order valence-corrected chi connectivity index (χ4v) is 1.50. The molecule has 15 heavy (non-hydrogen) atoms. The molecule has 0 aliphatic carbocycles. The summed E-state index contributed by atoms with van der Waals surface area (Å²) in [6, 6.07) is 5.40. The van der Waals surface area contributed by atoms with Crippen LogP contribution in [0, 0.1) is 0 Å². The van der Waals surface area contributed by atoms with E-state index in [0.29, 0.717) is 23.0 Å². The van der Waals surface area contributed by atoms with Crippen LogP contribution in [0.2, 0.25) is 10.0 Å². The van der Waals surface area contributed by atoms with E-state index < -0.39 is 0 Å². The maximum absolute atomic E-state index is 10.8. The van der Waals surface area contributed by atoms with Crippen LogP contribution < -0.4 is 5.32 Å². The van der Waals surface area contributed by atoms with Gasteiger partial charge >= 0.3 is 0 Å². The van der Waals surface area contributed by atoms with Gasteiger partial charge in [0.15, 0.2) is 0 Å². The van der Waals surface area contributed by atoms with E-state index in [0.717, 1.165) is 5.56 Å². The lowest BCUT2D eigenvalue weighted by Gasteiger charge is -2.04. The summed E-state index contributed by atoms with van der Waals surface area (Å²) < 4.78 is 0. The molecule has 82 valence electrons. The van der Waals surface area contributed by atoms with Gasteiger partial charge in [-0.15, -0.1) is 11.6 Å². The second-order valence-electron chi connectivity index (χ2n) is 2.98. The molecule has 1 aromatic carbocycles. The second kappa shape index (κ2) is 6.21. The van der Waals surface area contributed by atoms with Gasteiger partial charge in [-0.25, -0.2) is 0 Å². The SMILES string of the molecule is O=C(CCl)NCCc1ccc(Cl)c(Cl)c1. The van der Waals surface area contributed by atoms with Crippen LogP contribution in [-0.4, -0.2) is 18.3 Å². The molecule has 1 amide bonds. The van der Waals surface area contributed by atoms with E-state index >= 15 is 0 Å². The molecule has 0 aromatic heterocycles. The molecule has 0 atom stereocenters. The number of hydrogen-bond acceptors (Lipinski definition) is 1. The third-order valence-electron chi connectivity index (χ3n) is 1.84. The Morgan fingerprint density at radius 3 is 2.60 bits per heavy atom. The molecule has 0 radical (unpaired) electrons. The molecule has 0 saturated carbocycles. The van der Waals surface area contributed by atoms with Crippen molar-refractivity contribution in [2.75, 3.05) is 12.4 Å². The number of amides is 1. The van der Waals surface area contributed by atoms with Gasteiger partial charge in [0.25, 0.3) is 0 Å². The van der Waals surface area contributed by atoms with Crippen LogP contribution in [0.1, 0.15) is 5.56 Å². The lowest BCUT2D eigenvalue weighted by Crippen LogP contribution is -2.26. The molecule has 0 spiro atoms. The zero-order valence-corrected chi connectivity index (χ0v) is 10.2. The smallest absolute Gasteiger partial charge is 0.234 e. The normalized spacial score (nSPS) is 10.1. The lowest BCUT2D eigenvalue weighted by molar-refractivity contribution is -0.118. The predicted molar refractivity (Wildman–Crippen MR) is 63.9 cm³/mol. The first kappa shape index (κ1) is 12.6. The Labute approximate surface area is 104 Å². The fraction of sp³-hybridized carbons (Fsp3) is 0.300. The number of nitrogens with one attached hydrogen (secondary N) is 1. The molecule has 2 nitrogen and oxygen atoms in total. The Bertz CT molecular complexity index is 355. The summed E-state index contributed by atoms with van der Waals surface area (Å²) in [5, 5.41) is 3.73. The highest BCUT2D eigenvalue weighted by Crippen LogP contribution is 2.22. The quantitative estimate of drug-likeness (QED) is 0.834. The number of alkyl halides is 1. The van der Waals surface area contributed by atoms with E-state index in [4.69, 9.17) is 34.8 Å². The van der Waals surface area contributed by atoms with E-state index in [1.165, 1.54) is 0 Å². The Hall–Kier alpha value is -0.440. The van der Waals surface area contributed by atoms with Gasteiger partial charge in [-0.3, -0.25) is 4.79 Å². The van der Waals surface area contributed by atoms with Crippen LogP contribution in [0.15, 0.2) is 18.2 Å². The van der Waals surface area contributed by atoms with Crippen molar-refractivity contribution in [1.82, 2.24) is 5.32 Å². The molecule has 0 aliphatic rings. The summed E-state index contributed by atoms with van der Waals surface area (Å²) in [6.07, 6.45) is 0.708. The highest BCUT2D eigenvalue weighted by atomic mass is 35.5. The molecule has 1 aromatic rings. The van der Waals surface area contributed by atoms with Gasteiger partial charge in [-0.2, -0.15) is 0 Å². The van der Waals surface area contributed by atoms with Crippen LogP contribution in [-0.2, 0) is 11.2 Å². The first-order valence-electron chi connectivity index (χ1n) is 4.40. The number of rotatable bonds is 4. The molecule has 0 fully saturated rings. The maximum Gasteiger partial charge on any atom is 0.234 e. The van der Waals surface area contributed by atoms with Gasteiger partial charge < -0.3 is 5.32 Å². The van der Waals surface area contributed by atoms with Gasteiger partial charge in [-0.05, 0) is 24.1 Å². The van der Waals surface area contributed by atoms with E-state index in [1.54, 1.807) is 12.1 Å². The summed E-state index contributed by atoms with van der Waals surface area (Å²) in [7, 11) is 0. The number of carbonyl (C=O) groups is 1. The maximum atomic E-state index is 10.8. The summed E-state index contributed by atoms with van der Waals surface area (Å²) >= 11 is 16.9. The molecule has 5 heteroatoms. The van der Waals surface area contributed by atoms with Crippen LogP contribution >= 0.6 is 34.8 Å². The Kier molecular flexibility index (Phi) is 5.23. The van der Waals surface area contributed by atoms with Crippen molar-refractivity contribution < 1.29 is 4.79 Å². The summed E-state index contributed by atoms with van der Waals surface area (Å²) in [4.78, 5) is 10.8. The van der Waals surface area contributed by atoms with Gasteiger partial charge in [-0.1, -0.05) is 29.3 Å². The first-order chi connectivity index (χ1) is 7.13. The predicted octanol–water partition coefficient (Wildman–Crippen LogP) is 2.89. The molecule has 0 unspecified atom stereocenters. The summed E-state index contributed by atoms with van der Waals surface area (Å²) in [6.45, 7) is 0.545. The number of hydrogen-bond donors (Lipinski definition) is 1. The average Bonchev–Trinajstić information content (AvgIpc) is 2.23. The van der Waals surface area contributed by atoms with E-state index in [1.807, 2.05) is 6.07 Å². The van der Waals surface area contributed by atoms with Crippen LogP contribution in [0.25, 0.3) is 0 Å². The fourth-order valence-electron chi connectivity index (χ4n) is 1.09. The van der Waals surface area contributed by atoms with E-state index in [9.17, 15) is 4.79 Å². The molecular formula is C10H10Cl3NO. The van der Waals surface area contributed by atoms with Gasteiger partial charge in [0.05, 0.1) is 10.0 Å². The van der Waals surface area contributed by atoms with E-state index in [-0.39, 0.29) is 11.8 Å². The van der Waals surface area contributed by atoms with Crippen molar-refractivity contribution in [2.24, 2.45) is 0 Å². The lowest BCUT2D eigenvalue weighted by atomic mass is 10.1. The van der Waals surface area contributed by atoms with Gasteiger partial charge in [0, 0.05) is 6.54 Å².